The molecule has 9 aromatic carbocycles. The number of para-hydroxylation sites is 2. The van der Waals surface area contributed by atoms with E-state index in [1.54, 1.807) is 0 Å². The highest BCUT2D eigenvalue weighted by Gasteiger charge is 2.26. The number of rotatable bonds is 6. The van der Waals surface area contributed by atoms with Crippen LogP contribution in [-0.2, 0) is 12.8 Å². The van der Waals surface area contributed by atoms with E-state index in [1.807, 2.05) is 0 Å². The van der Waals surface area contributed by atoms with Crippen LogP contribution in [0.3, 0.4) is 0 Å². The fourth-order valence-electron chi connectivity index (χ4n) is 10.2. The molecule has 12 aromatic rings. The van der Waals surface area contributed by atoms with Crippen molar-refractivity contribution in [3.8, 4) is 61.8 Å². The van der Waals surface area contributed by atoms with Gasteiger partial charge in [0.2, 0.25) is 0 Å². The Bertz CT molecular complexity index is 3800. The molecule has 296 valence electrons. The monoisotopic (exact) mass is 805 g/mol. The Labute approximate surface area is 364 Å². The van der Waals surface area contributed by atoms with Gasteiger partial charge in [-0.15, -0.1) is 0 Å². The Hall–Kier alpha value is -8.08. The number of nitrogens with zero attached hydrogens (tertiary/aromatic N) is 3. The van der Waals surface area contributed by atoms with Gasteiger partial charge in [-0.3, -0.25) is 0 Å². The highest BCUT2D eigenvalue weighted by atomic mass is 16.3. The average Bonchev–Trinajstić information content (AvgIpc) is 4.02. The highest BCUT2D eigenvalue weighted by Crippen LogP contribution is 2.46. The first kappa shape index (κ1) is 35.7. The molecule has 1 aliphatic rings. The maximum Gasteiger partial charge on any atom is 0.160 e. The summed E-state index contributed by atoms with van der Waals surface area (Å²) in [7, 11) is 0. The summed E-state index contributed by atoms with van der Waals surface area (Å²) >= 11 is 0. The minimum Gasteiger partial charge on any atom is -0.454 e. The van der Waals surface area contributed by atoms with Crippen molar-refractivity contribution in [2.45, 2.75) is 19.8 Å². The molecule has 0 bridgehead atoms. The molecule has 0 spiro atoms. The number of benzene rings is 9. The quantitative estimate of drug-likeness (QED) is 0.168. The minimum atomic E-state index is 0.694. The number of aromatic nitrogens is 3. The maximum absolute atomic E-state index is 7.03. The van der Waals surface area contributed by atoms with Crippen molar-refractivity contribution in [1.82, 2.24) is 14.5 Å². The van der Waals surface area contributed by atoms with Gasteiger partial charge >= 0.3 is 0 Å². The topological polar surface area (TPSA) is 43.9 Å². The molecular formula is C59H39N3O. The van der Waals surface area contributed by atoms with Crippen molar-refractivity contribution in [2.24, 2.45) is 0 Å². The van der Waals surface area contributed by atoms with Crippen molar-refractivity contribution in [2.75, 3.05) is 0 Å². The average molecular weight is 806 g/mol. The second-order valence-electron chi connectivity index (χ2n) is 16.7. The predicted octanol–water partition coefficient (Wildman–Crippen LogP) is 15.4. The Balaban J connectivity index is 1.07. The van der Waals surface area contributed by atoms with Crippen LogP contribution < -0.4 is 0 Å². The summed E-state index contributed by atoms with van der Waals surface area (Å²) in [6.45, 7) is 2.23. The number of furan rings is 1. The van der Waals surface area contributed by atoms with Crippen LogP contribution in [0.4, 0.5) is 0 Å². The van der Waals surface area contributed by atoms with Crippen LogP contribution in [0.5, 0.6) is 0 Å². The standard InChI is InChI=1S/C59H39N3O/c1-2-44-56(42-28-29-46-43(33-42)32-41-18-8-9-19-45(41)46)60-59(38-26-24-37(25-27-38)36-14-4-3-5-15-36)61-57(44)49-30-31-52(58-55(49)48-21-11-13-23-54(48)63-58)62-51-22-12-10-20-47(51)50-34-39-16-6-7-17-40(39)35-53(50)62/h3-31,33-35H,2,32H2,1H3. The van der Waals surface area contributed by atoms with E-state index in [0.29, 0.717) is 5.82 Å². The third-order valence-electron chi connectivity index (χ3n) is 13.2. The van der Waals surface area contributed by atoms with Gasteiger partial charge in [0.25, 0.3) is 0 Å². The molecule has 4 heteroatoms. The van der Waals surface area contributed by atoms with Crippen LogP contribution >= 0.6 is 0 Å². The summed E-state index contributed by atoms with van der Waals surface area (Å²) in [4.78, 5) is 11.1. The van der Waals surface area contributed by atoms with Crippen molar-refractivity contribution in [3.05, 3.63) is 211 Å². The van der Waals surface area contributed by atoms with E-state index in [-0.39, 0.29) is 0 Å². The number of hydrogen-bond acceptors (Lipinski definition) is 3. The number of hydrogen-bond donors (Lipinski definition) is 0. The fraction of sp³-hybridized carbons (Fsp3) is 0.0508. The summed E-state index contributed by atoms with van der Waals surface area (Å²) in [5.41, 5.74) is 18.7. The minimum absolute atomic E-state index is 0.694. The van der Waals surface area contributed by atoms with Gasteiger partial charge in [-0.1, -0.05) is 159 Å². The molecule has 63 heavy (non-hydrogen) atoms. The Morgan fingerprint density at radius 1 is 0.476 bits per heavy atom. The largest absolute Gasteiger partial charge is 0.454 e. The van der Waals surface area contributed by atoms with Gasteiger partial charge in [0.15, 0.2) is 11.4 Å². The van der Waals surface area contributed by atoms with E-state index >= 15 is 0 Å². The molecule has 0 aliphatic heterocycles. The van der Waals surface area contributed by atoms with Crippen LogP contribution in [0.15, 0.2) is 199 Å². The van der Waals surface area contributed by atoms with E-state index < -0.39 is 0 Å². The molecule has 0 N–H and O–H groups in total. The lowest BCUT2D eigenvalue weighted by Gasteiger charge is -2.18. The maximum atomic E-state index is 7.03. The third-order valence-corrected chi connectivity index (χ3v) is 13.2. The first-order valence-electron chi connectivity index (χ1n) is 21.8. The molecule has 1 aliphatic carbocycles. The van der Waals surface area contributed by atoms with Gasteiger partial charge in [-0.05, 0) is 99.5 Å². The molecule has 0 saturated heterocycles. The predicted molar refractivity (Wildman–Crippen MR) is 261 cm³/mol. The molecule has 0 fully saturated rings. The number of fused-ring (bicyclic) bond motifs is 10. The van der Waals surface area contributed by atoms with E-state index in [0.717, 1.165) is 90.7 Å². The molecular weight excluding hydrogens is 767 g/mol. The van der Waals surface area contributed by atoms with Gasteiger partial charge in [0, 0.05) is 43.8 Å². The smallest absolute Gasteiger partial charge is 0.160 e. The van der Waals surface area contributed by atoms with Crippen LogP contribution in [0.1, 0.15) is 23.6 Å². The molecule has 0 unspecified atom stereocenters. The lowest BCUT2D eigenvalue weighted by molar-refractivity contribution is 0.666. The van der Waals surface area contributed by atoms with E-state index in [1.165, 1.54) is 49.4 Å². The van der Waals surface area contributed by atoms with E-state index in [2.05, 4.69) is 206 Å². The molecule has 0 atom stereocenters. The zero-order chi connectivity index (χ0) is 41.6. The molecule has 0 saturated carbocycles. The summed E-state index contributed by atoms with van der Waals surface area (Å²) in [5.74, 6) is 0.694. The third kappa shape index (κ3) is 5.54. The first-order chi connectivity index (χ1) is 31.2. The van der Waals surface area contributed by atoms with Crippen molar-refractivity contribution in [3.63, 3.8) is 0 Å². The summed E-state index contributed by atoms with van der Waals surface area (Å²) in [6.07, 6.45) is 1.66. The fourth-order valence-corrected chi connectivity index (χ4v) is 10.2. The lowest BCUT2D eigenvalue weighted by Crippen LogP contribution is -2.04. The van der Waals surface area contributed by atoms with Crippen LogP contribution in [0, 0.1) is 0 Å². The van der Waals surface area contributed by atoms with Crippen LogP contribution in [0.25, 0.3) is 116 Å². The Morgan fingerprint density at radius 3 is 1.98 bits per heavy atom. The molecule has 3 heterocycles. The first-order valence-corrected chi connectivity index (χ1v) is 21.8. The van der Waals surface area contributed by atoms with E-state index in [9.17, 15) is 0 Å². The molecule has 3 aromatic heterocycles. The summed E-state index contributed by atoms with van der Waals surface area (Å²) in [6, 6.07) is 69.8. The highest BCUT2D eigenvalue weighted by molar-refractivity contribution is 6.18. The van der Waals surface area contributed by atoms with Crippen LogP contribution in [-0.4, -0.2) is 14.5 Å². The summed E-state index contributed by atoms with van der Waals surface area (Å²) < 4.78 is 9.42. The van der Waals surface area contributed by atoms with Gasteiger partial charge in [0.1, 0.15) is 5.58 Å². The van der Waals surface area contributed by atoms with Gasteiger partial charge in [-0.2, -0.15) is 0 Å². The molecule has 0 radical (unpaired) electrons. The van der Waals surface area contributed by atoms with Gasteiger partial charge in [0.05, 0.1) is 28.1 Å². The summed E-state index contributed by atoms with van der Waals surface area (Å²) in [5, 5.41) is 6.95. The van der Waals surface area contributed by atoms with Gasteiger partial charge in [-0.25, -0.2) is 9.97 Å². The van der Waals surface area contributed by atoms with Crippen molar-refractivity contribution >= 4 is 54.5 Å². The van der Waals surface area contributed by atoms with Crippen LogP contribution in [0.2, 0.25) is 0 Å². The zero-order valence-corrected chi connectivity index (χ0v) is 34.6. The SMILES string of the molecule is CCc1c(-c2ccc3c(c2)Cc2ccccc2-3)nc(-c2ccc(-c3ccccc3)cc2)nc1-c1ccc(-n2c3ccccc3c3cc4ccccc4cc32)c2oc3ccccc3c12. The van der Waals surface area contributed by atoms with Crippen molar-refractivity contribution < 1.29 is 4.42 Å². The van der Waals surface area contributed by atoms with Crippen molar-refractivity contribution in [1.29, 1.82) is 0 Å². The normalized spacial score (nSPS) is 12.2. The Morgan fingerprint density at radius 2 is 1.13 bits per heavy atom. The zero-order valence-electron chi connectivity index (χ0n) is 34.6. The second kappa shape index (κ2) is 14.0. The molecule has 0 amide bonds. The molecule has 13 rings (SSSR count). The van der Waals surface area contributed by atoms with Gasteiger partial charge < -0.3 is 8.98 Å². The van der Waals surface area contributed by atoms with E-state index in [4.69, 9.17) is 14.4 Å². The lowest BCUT2D eigenvalue weighted by atomic mass is 9.93. The second-order valence-corrected chi connectivity index (χ2v) is 16.7. The Kier molecular flexibility index (Phi) is 7.91. The molecule has 4 nitrogen and oxygen atoms in total.